The minimum Gasteiger partial charge on any atom is -0.493 e. The van der Waals surface area contributed by atoms with E-state index in [2.05, 4.69) is 20.2 Å². The lowest BCUT2D eigenvalue weighted by Crippen LogP contribution is -2.31. The van der Waals surface area contributed by atoms with Crippen molar-refractivity contribution in [2.45, 2.75) is 84.1 Å². The summed E-state index contributed by atoms with van der Waals surface area (Å²) in [4.78, 5) is 13.6. The number of anilines is 1. The second-order valence-electron chi connectivity index (χ2n) is 7.84. The van der Waals surface area contributed by atoms with E-state index in [1.54, 1.807) is 4.90 Å². The van der Waals surface area contributed by atoms with Gasteiger partial charge in [0.1, 0.15) is 5.75 Å². The fourth-order valence-electron chi connectivity index (χ4n) is 4.34. The highest BCUT2D eigenvalue weighted by molar-refractivity contribution is 5.96. The summed E-state index contributed by atoms with van der Waals surface area (Å²) in [7, 11) is 1.83. The Balaban J connectivity index is 0.00000124. The third kappa shape index (κ3) is 5.18. The average Bonchev–Trinajstić information content (AvgIpc) is 3.27. The molecule has 0 radical (unpaired) electrons. The van der Waals surface area contributed by atoms with Crippen molar-refractivity contribution in [2.24, 2.45) is 0 Å². The normalized spacial score (nSPS) is 16.6. The van der Waals surface area contributed by atoms with Crippen LogP contribution in [-0.2, 0) is 17.6 Å². The van der Waals surface area contributed by atoms with E-state index in [0.29, 0.717) is 19.1 Å². The minimum absolute atomic E-state index is 0.167. The van der Waals surface area contributed by atoms with Crippen LogP contribution >= 0.6 is 0 Å². The average molecular weight is 414 g/mol. The number of unbranched alkanes of at least 4 members (excludes halogenated alkanes) is 1. The van der Waals surface area contributed by atoms with Gasteiger partial charge in [-0.05, 0) is 54.7 Å². The van der Waals surface area contributed by atoms with Crippen molar-refractivity contribution in [3.63, 3.8) is 0 Å². The molecule has 1 saturated carbocycles. The molecule has 7 heteroatoms. The molecule has 0 spiro atoms. The molecule has 1 fully saturated rings. The Kier molecular flexibility index (Phi) is 8.22. The van der Waals surface area contributed by atoms with Crippen LogP contribution in [0.25, 0.3) is 0 Å². The molecule has 0 N–H and O–H groups in total. The van der Waals surface area contributed by atoms with E-state index >= 15 is 0 Å². The van der Waals surface area contributed by atoms with Gasteiger partial charge in [-0.2, -0.15) is 0 Å². The molecule has 1 aliphatic heterocycles. The Morgan fingerprint density at radius 2 is 1.90 bits per heavy atom. The summed E-state index contributed by atoms with van der Waals surface area (Å²) in [6.07, 6.45) is 10.4. The molecule has 7 nitrogen and oxygen atoms in total. The van der Waals surface area contributed by atoms with Crippen molar-refractivity contribution in [1.82, 2.24) is 20.2 Å². The summed E-state index contributed by atoms with van der Waals surface area (Å²) >= 11 is 0. The van der Waals surface area contributed by atoms with Gasteiger partial charge in [0.25, 0.3) is 0 Å². The van der Waals surface area contributed by atoms with E-state index in [4.69, 9.17) is 4.74 Å². The number of hydrogen-bond acceptors (Lipinski definition) is 5. The van der Waals surface area contributed by atoms with Gasteiger partial charge < -0.3 is 9.64 Å². The number of amides is 1. The molecule has 2 aromatic rings. The number of tetrazole rings is 1. The first-order chi connectivity index (χ1) is 14.7. The van der Waals surface area contributed by atoms with Crippen LogP contribution in [0.1, 0.15) is 82.6 Å². The number of ether oxygens (including phenoxy) is 1. The summed E-state index contributed by atoms with van der Waals surface area (Å²) in [5.74, 6) is 2.08. The van der Waals surface area contributed by atoms with Crippen molar-refractivity contribution < 1.29 is 9.53 Å². The van der Waals surface area contributed by atoms with Gasteiger partial charge in [-0.15, -0.1) is 5.10 Å². The number of rotatable bonds is 7. The van der Waals surface area contributed by atoms with E-state index < -0.39 is 0 Å². The third-order valence-electron chi connectivity index (χ3n) is 5.97. The van der Waals surface area contributed by atoms with E-state index in [1.165, 1.54) is 32.1 Å². The van der Waals surface area contributed by atoms with Crippen LogP contribution in [0.15, 0.2) is 18.2 Å². The van der Waals surface area contributed by atoms with Gasteiger partial charge in [0.15, 0.2) is 5.82 Å². The molecule has 1 amide bonds. The standard InChI is InChI=1S/C21H29N5O2.C2H6/c1-25-18-10-7-11-19(17(18)13-14-21(25)27)28-15-6-5-12-20-22-23-24-26(20)16-8-3-2-4-9-16;1-2/h7,10-11,16H,2-6,8-9,12-15H2,1H3;1-2H3. The highest BCUT2D eigenvalue weighted by atomic mass is 16.5. The van der Waals surface area contributed by atoms with Crippen molar-refractivity contribution in [2.75, 3.05) is 18.6 Å². The minimum atomic E-state index is 0.167. The predicted octanol–water partition coefficient (Wildman–Crippen LogP) is 4.52. The summed E-state index contributed by atoms with van der Waals surface area (Å²) in [5.41, 5.74) is 2.12. The second-order valence-corrected chi connectivity index (χ2v) is 7.84. The SMILES string of the molecule is CC.CN1C(=O)CCc2c(OCCCCc3nnnn3C3CCCCC3)cccc21. The lowest BCUT2D eigenvalue weighted by molar-refractivity contribution is -0.118. The number of hydrogen-bond donors (Lipinski definition) is 0. The lowest BCUT2D eigenvalue weighted by Gasteiger charge is -2.27. The zero-order valence-corrected chi connectivity index (χ0v) is 18.6. The van der Waals surface area contributed by atoms with Crippen molar-refractivity contribution in [3.05, 3.63) is 29.6 Å². The summed E-state index contributed by atoms with van der Waals surface area (Å²) in [6.45, 7) is 4.67. The monoisotopic (exact) mass is 413 g/mol. The van der Waals surface area contributed by atoms with E-state index in [-0.39, 0.29) is 5.91 Å². The van der Waals surface area contributed by atoms with Crippen LogP contribution in [0, 0.1) is 0 Å². The van der Waals surface area contributed by atoms with Gasteiger partial charge in [-0.3, -0.25) is 4.79 Å². The summed E-state index contributed by atoms with van der Waals surface area (Å²) in [6, 6.07) is 6.43. The highest BCUT2D eigenvalue weighted by Crippen LogP contribution is 2.34. The Morgan fingerprint density at radius 1 is 1.10 bits per heavy atom. The van der Waals surface area contributed by atoms with Crippen LogP contribution < -0.4 is 9.64 Å². The van der Waals surface area contributed by atoms with Crippen molar-refractivity contribution in [1.29, 1.82) is 0 Å². The first-order valence-electron chi connectivity index (χ1n) is 11.5. The Morgan fingerprint density at radius 3 is 2.70 bits per heavy atom. The summed E-state index contributed by atoms with van der Waals surface area (Å²) in [5, 5.41) is 12.4. The fraction of sp³-hybridized carbons (Fsp3) is 0.652. The molecular formula is C23H35N5O2. The van der Waals surface area contributed by atoms with Gasteiger partial charge in [0.05, 0.1) is 18.3 Å². The van der Waals surface area contributed by atoms with E-state index in [1.807, 2.05) is 39.1 Å². The lowest BCUT2D eigenvalue weighted by atomic mass is 9.95. The quantitative estimate of drug-likeness (QED) is 0.624. The van der Waals surface area contributed by atoms with E-state index in [0.717, 1.165) is 48.5 Å². The Labute approximate surface area is 179 Å². The topological polar surface area (TPSA) is 73.1 Å². The smallest absolute Gasteiger partial charge is 0.227 e. The molecule has 1 aliphatic carbocycles. The number of aromatic nitrogens is 4. The number of nitrogens with zero attached hydrogens (tertiary/aromatic N) is 5. The molecular weight excluding hydrogens is 378 g/mol. The van der Waals surface area contributed by atoms with Crippen LogP contribution in [0.3, 0.4) is 0 Å². The zero-order valence-electron chi connectivity index (χ0n) is 18.6. The van der Waals surface area contributed by atoms with Gasteiger partial charge in [-0.1, -0.05) is 39.2 Å². The molecule has 1 aromatic carbocycles. The van der Waals surface area contributed by atoms with Crippen LogP contribution in [0.2, 0.25) is 0 Å². The fourth-order valence-corrected chi connectivity index (χ4v) is 4.34. The maximum absolute atomic E-state index is 11.9. The maximum Gasteiger partial charge on any atom is 0.227 e. The number of fused-ring (bicyclic) bond motifs is 1. The number of carbonyl (C=O) groups is 1. The molecule has 0 bridgehead atoms. The van der Waals surface area contributed by atoms with Crippen molar-refractivity contribution >= 4 is 11.6 Å². The molecule has 1 aromatic heterocycles. The molecule has 164 valence electrons. The second kappa shape index (κ2) is 11.1. The number of benzene rings is 1. The van der Waals surface area contributed by atoms with Crippen LogP contribution in [0.5, 0.6) is 5.75 Å². The largest absolute Gasteiger partial charge is 0.493 e. The Hall–Kier alpha value is -2.44. The highest BCUT2D eigenvalue weighted by Gasteiger charge is 2.23. The van der Waals surface area contributed by atoms with Crippen molar-refractivity contribution in [3.8, 4) is 5.75 Å². The zero-order chi connectivity index (χ0) is 21.3. The number of aryl methyl sites for hydroxylation is 1. The third-order valence-corrected chi connectivity index (χ3v) is 5.97. The molecule has 30 heavy (non-hydrogen) atoms. The molecule has 2 aliphatic rings. The molecule has 4 rings (SSSR count). The summed E-state index contributed by atoms with van der Waals surface area (Å²) < 4.78 is 8.11. The number of carbonyl (C=O) groups excluding carboxylic acids is 1. The maximum atomic E-state index is 11.9. The molecule has 0 saturated heterocycles. The first kappa shape index (κ1) is 22.2. The van der Waals surface area contributed by atoms with E-state index in [9.17, 15) is 4.79 Å². The van der Waals surface area contributed by atoms with Gasteiger partial charge in [0.2, 0.25) is 5.91 Å². The first-order valence-corrected chi connectivity index (χ1v) is 11.5. The molecule has 0 unspecified atom stereocenters. The van der Waals surface area contributed by atoms with Gasteiger partial charge >= 0.3 is 0 Å². The van der Waals surface area contributed by atoms with Gasteiger partial charge in [0, 0.05) is 25.5 Å². The van der Waals surface area contributed by atoms with Crippen LogP contribution in [0.4, 0.5) is 5.69 Å². The molecule has 2 heterocycles. The Bertz CT molecular complexity index is 814. The van der Waals surface area contributed by atoms with Gasteiger partial charge in [-0.25, -0.2) is 4.68 Å². The molecule has 0 atom stereocenters. The predicted molar refractivity (Wildman–Crippen MR) is 118 cm³/mol. The van der Waals surface area contributed by atoms with Crippen LogP contribution in [-0.4, -0.2) is 39.8 Å².